The van der Waals surface area contributed by atoms with Crippen molar-refractivity contribution in [3.8, 4) is 5.75 Å². The molecule has 90 valence electrons. The smallest absolute Gasteiger partial charge is 0.129 e. The van der Waals surface area contributed by atoms with Crippen LogP contribution >= 0.6 is 0 Å². The van der Waals surface area contributed by atoms with Gasteiger partial charge >= 0.3 is 0 Å². The van der Waals surface area contributed by atoms with Crippen LogP contribution < -0.4 is 10.1 Å². The average Bonchev–Trinajstić information content (AvgIpc) is 2.13. The fraction of sp³-hybridized carbons (Fsp3) is 0.500. The zero-order chi connectivity index (χ0) is 12.2. The number of nitrogens with one attached hydrogen (secondary N) is 1. The van der Waals surface area contributed by atoms with Gasteiger partial charge in [-0.25, -0.2) is 8.78 Å². The molecule has 0 atom stereocenters. The summed E-state index contributed by atoms with van der Waals surface area (Å²) in [7, 11) is 1.85. The predicted octanol–water partition coefficient (Wildman–Crippen LogP) is 2.59. The Labute approximate surface area is 94.6 Å². The zero-order valence-electron chi connectivity index (χ0n) is 9.81. The second kappa shape index (κ2) is 5.25. The first-order valence-corrected chi connectivity index (χ1v) is 5.16. The van der Waals surface area contributed by atoms with Crippen LogP contribution in [-0.2, 0) is 0 Å². The van der Waals surface area contributed by atoms with E-state index in [2.05, 4.69) is 5.32 Å². The Morgan fingerprint density at radius 2 is 1.75 bits per heavy atom. The van der Waals surface area contributed by atoms with Crippen LogP contribution in [0.3, 0.4) is 0 Å². The van der Waals surface area contributed by atoms with Crippen LogP contribution in [0.4, 0.5) is 8.78 Å². The molecular weight excluding hydrogens is 212 g/mol. The van der Waals surface area contributed by atoms with Gasteiger partial charge in [0.25, 0.3) is 0 Å². The van der Waals surface area contributed by atoms with Crippen molar-refractivity contribution in [1.82, 2.24) is 5.32 Å². The summed E-state index contributed by atoms with van der Waals surface area (Å²) in [6.07, 6.45) is 0. The molecule has 1 rings (SSSR count). The highest BCUT2D eigenvalue weighted by Crippen LogP contribution is 2.19. The number of halogens is 2. The van der Waals surface area contributed by atoms with E-state index in [9.17, 15) is 8.78 Å². The van der Waals surface area contributed by atoms with Gasteiger partial charge in [-0.1, -0.05) is 13.8 Å². The Morgan fingerprint density at radius 3 is 2.25 bits per heavy atom. The highest BCUT2D eigenvalue weighted by atomic mass is 19.1. The van der Waals surface area contributed by atoms with Gasteiger partial charge in [0.2, 0.25) is 0 Å². The highest BCUT2D eigenvalue weighted by molar-refractivity contribution is 5.23. The van der Waals surface area contributed by atoms with Crippen LogP contribution in [0, 0.1) is 17.0 Å². The molecule has 1 aromatic carbocycles. The number of benzene rings is 1. The number of hydrogen-bond acceptors (Lipinski definition) is 2. The van der Waals surface area contributed by atoms with Crippen molar-refractivity contribution < 1.29 is 13.5 Å². The summed E-state index contributed by atoms with van der Waals surface area (Å²) < 4.78 is 31.1. The van der Waals surface area contributed by atoms with E-state index in [0.717, 1.165) is 12.6 Å². The summed E-state index contributed by atoms with van der Waals surface area (Å²) in [6, 6.07) is 3.18. The lowest BCUT2D eigenvalue weighted by Gasteiger charge is -2.24. The van der Waals surface area contributed by atoms with Gasteiger partial charge in [-0.15, -0.1) is 0 Å². The molecule has 0 radical (unpaired) electrons. The molecule has 0 aromatic heterocycles. The van der Waals surface area contributed by atoms with E-state index in [-0.39, 0.29) is 11.2 Å². The normalized spacial score (nSPS) is 11.6. The molecule has 0 bridgehead atoms. The van der Waals surface area contributed by atoms with Gasteiger partial charge in [-0.05, 0) is 7.05 Å². The maximum absolute atomic E-state index is 12.9. The molecule has 0 aliphatic carbocycles. The predicted molar refractivity (Wildman–Crippen MR) is 59.6 cm³/mol. The molecule has 16 heavy (non-hydrogen) atoms. The maximum atomic E-state index is 12.9. The van der Waals surface area contributed by atoms with Crippen molar-refractivity contribution in [2.45, 2.75) is 13.8 Å². The summed E-state index contributed by atoms with van der Waals surface area (Å²) in [6.45, 7) is 5.19. The molecule has 2 nitrogen and oxygen atoms in total. The van der Waals surface area contributed by atoms with E-state index >= 15 is 0 Å². The molecular formula is C12H17F2NO. The van der Waals surface area contributed by atoms with Crippen LogP contribution in [0.25, 0.3) is 0 Å². The van der Waals surface area contributed by atoms with Crippen LogP contribution in [0.2, 0.25) is 0 Å². The van der Waals surface area contributed by atoms with Crippen LogP contribution in [0.15, 0.2) is 18.2 Å². The first-order valence-electron chi connectivity index (χ1n) is 5.16. The monoisotopic (exact) mass is 229 g/mol. The minimum Gasteiger partial charge on any atom is -0.493 e. The Hall–Kier alpha value is -1.16. The van der Waals surface area contributed by atoms with Crippen molar-refractivity contribution in [3.05, 3.63) is 29.8 Å². The Bertz CT molecular complexity index is 333. The third-order valence-corrected chi connectivity index (χ3v) is 2.12. The lowest BCUT2D eigenvalue weighted by molar-refractivity contribution is 0.178. The van der Waals surface area contributed by atoms with Gasteiger partial charge in [0.15, 0.2) is 0 Å². The Kier molecular flexibility index (Phi) is 4.24. The van der Waals surface area contributed by atoms with Crippen LogP contribution in [-0.4, -0.2) is 20.2 Å². The van der Waals surface area contributed by atoms with Gasteiger partial charge in [0.1, 0.15) is 17.4 Å². The molecule has 0 heterocycles. The molecule has 4 heteroatoms. The Morgan fingerprint density at radius 1 is 1.19 bits per heavy atom. The van der Waals surface area contributed by atoms with E-state index in [4.69, 9.17) is 4.74 Å². The Balaban J connectivity index is 2.60. The third kappa shape index (κ3) is 4.14. The quantitative estimate of drug-likeness (QED) is 0.838. The molecule has 0 fully saturated rings. The number of ether oxygens (including phenoxy) is 1. The van der Waals surface area contributed by atoms with Crippen molar-refractivity contribution in [2.24, 2.45) is 5.41 Å². The summed E-state index contributed by atoms with van der Waals surface area (Å²) in [5, 5.41) is 3.04. The SMILES string of the molecule is CNCC(C)(C)COc1cc(F)cc(F)c1. The largest absolute Gasteiger partial charge is 0.493 e. The molecule has 0 aliphatic heterocycles. The summed E-state index contributed by atoms with van der Waals surface area (Å²) >= 11 is 0. The molecule has 1 aromatic rings. The average molecular weight is 229 g/mol. The van der Waals surface area contributed by atoms with Gasteiger partial charge in [-0.2, -0.15) is 0 Å². The van der Waals surface area contributed by atoms with E-state index < -0.39 is 11.6 Å². The third-order valence-electron chi connectivity index (χ3n) is 2.12. The van der Waals surface area contributed by atoms with Crippen molar-refractivity contribution in [2.75, 3.05) is 20.2 Å². The van der Waals surface area contributed by atoms with Gasteiger partial charge in [0.05, 0.1) is 6.61 Å². The molecule has 0 spiro atoms. The van der Waals surface area contributed by atoms with Crippen molar-refractivity contribution in [1.29, 1.82) is 0 Å². The summed E-state index contributed by atoms with van der Waals surface area (Å²) in [5.41, 5.74) is -0.0858. The maximum Gasteiger partial charge on any atom is 0.129 e. The molecule has 0 saturated heterocycles. The van der Waals surface area contributed by atoms with E-state index in [1.807, 2.05) is 20.9 Å². The van der Waals surface area contributed by atoms with Crippen molar-refractivity contribution >= 4 is 0 Å². The van der Waals surface area contributed by atoms with Gasteiger partial charge in [0, 0.05) is 30.2 Å². The zero-order valence-corrected chi connectivity index (χ0v) is 9.81. The van der Waals surface area contributed by atoms with Crippen LogP contribution in [0.5, 0.6) is 5.75 Å². The summed E-state index contributed by atoms with van der Waals surface area (Å²) in [4.78, 5) is 0. The highest BCUT2D eigenvalue weighted by Gasteiger charge is 2.18. The van der Waals surface area contributed by atoms with E-state index in [1.54, 1.807) is 0 Å². The van der Waals surface area contributed by atoms with Gasteiger partial charge < -0.3 is 10.1 Å². The second-order valence-electron chi connectivity index (χ2n) is 4.59. The molecule has 0 saturated carbocycles. The molecule has 1 N–H and O–H groups in total. The fourth-order valence-electron chi connectivity index (χ4n) is 1.42. The lowest BCUT2D eigenvalue weighted by atomic mass is 9.95. The molecule has 0 aliphatic rings. The molecule has 0 unspecified atom stereocenters. The topological polar surface area (TPSA) is 21.3 Å². The standard InChI is InChI=1S/C12H17F2NO/c1-12(2,7-15-3)8-16-11-5-9(13)4-10(14)6-11/h4-6,15H,7-8H2,1-3H3. The van der Waals surface area contributed by atoms with E-state index in [0.29, 0.717) is 6.61 Å². The van der Waals surface area contributed by atoms with Crippen molar-refractivity contribution in [3.63, 3.8) is 0 Å². The van der Waals surface area contributed by atoms with Crippen LogP contribution in [0.1, 0.15) is 13.8 Å². The molecule has 0 amide bonds. The number of rotatable bonds is 5. The lowest BCUT2D eigenvalue weighted by Crippen LogP contribution is -2.32. The van der Waals surface area contributed by atoms with Gasteiger partial charge in [-0.3, -0.25) is 0 Å². The minimum atomic E-state index is -0.624. The first-order chi connectivity index (χ1) is 7.43. The fourth-order valence-corrected chi connectivity index (χ4v) is 1.42. The number of hydrogen-bond donors (Lipinski definition) is 1. The first kappa shape index (κ1) is 12.9. The van der Waals surface area contributed by atoms with E-state index in [1.165, 1.54) is 12.1 Å². The second-order valence-corrected chi connectivity index (χ2v) is 4.59. The summed E-state index contributed by atoms with van der Waals surface area (Å²) in [5.74, 6) is -1.02. The minimum absolute atomic E-state index is 0.0858.